The molecular weight excluding hydrogens is 528 g/mol. The molecule has 0 aliphatic carbocycles. The van der Waals surface area contributed by atoms with Gasteiger partial charge in [-0.1, -0.05) is 0 Å². The Morgan fingerprint density at radius 1 is 0.923 bits per heavy atom. The van der Waals surface area contributed by atoms with Crippen molar-refractivity contribution in [1.29, 1.82) is 0 Å². The summed E-state index contributed by atoms with van der Waals surface area (Å²) in [5, 5.41) is 12.1. The lowest BCUT2D eigenvalue weighted by molar-refractivity contribution is 0.269. The fraction of sp³-hybridized carbons (Fsp3) is 0.192. The summed E-state index contributed by atoms with van der Waals surface area (Å²) in [6, 6.07) is 13.8. The third kappa shape index (κ3) is 5.05. The minimum Gasteiger partial charge on any atom is -0.492 e. The maximum Gasteiger partial charge on any atom is 0.245 e. The van der Waals surface area contributed by atoms with E-state index in [2.05, 4.69) is 20.5 Å². The van der Waals surface area contributed by atoms with Gasteiger partial charge in [0.25, 0.3) is 0 Å². The first-order chi connectivity index (χ1) is 18.9. The van der Waals surface area contributed by atoms with Gasteiger partial charge in [0.1, 0.15) is 12.4 Å². The number of hydrogen-bond acceptors (Lipinski definition) is 7. The molecule has 0 spiro atoms. The van der Waals surface area contributed by atoms with Crippen molar-refractivity contribution in [3.05, 3.63) is 84.8 Å². The molecule has 0 saturated carbocycles. The zero-order chi connectivity index (χ0) is 27.0. The van der Waals surface area contributed by atoms with E-state index in [-0.39, 0.29) is 24.6 Å². The molecular formula is C26H23F2N7O3S. The first kappa shape index (κ1) is 24.9. The molecule has 7 rings (SSSR count). The highest BCUT2D eigenvalue weighted by molar-refractivity contribution is 7.89. The van der Waals surface area contributed by atoms with Gasteiger partial charge >= 0.3 is 0 Å². The first-order valence-electron chi connectivity index (χ1n) is 12.2. The minimum absolute atomic E-state index is 0.00967. The van der Waals surface area contributed by atoms with Crippen LogP contribution < -0.4 is 10.1 Å². The normalized spacial score (nSPS) is 14.9. The lowest BCUT2D eigenvalue weighted by Gasteiger charge is -2.22. The Hall–Kier alpha value is -4.36. The molecule has 10 nitrogen and oxygen atoms in total. The van der Waals surface area contributed by atoms with Crippen LogP contribution in [0.25, 0.3) is 16.8 Å². The van der Waals surface area contributed by atoms with Gasteiger partial charge in [-0.3, -0.25) is 4.68 Å². The Balaban J connectivity index is 1.32. The molecule has 0 fully saturated rings. The van der Waals surface area contributed by atoms with E-state index in [1.54, 1.807) is 39.9 Å². The number of hydrogen-bond donors (Lipinski definition) is 1. The molecule has 13 heteroatoms. The Bertz CT molecular complexity index is 1750. The highest BCUT2D eigenvalue weighted by Gasteiger charge is 2.25. The van der Waals surface area contributed by atoms with Crippen LogP contribution in [0.3, 0.4) is 0 Å². The molecule has 0 atom stereocenters. The molecule has 2 aliphatic rings. The number of fused-ring (bicyclic) bond motifs is 8. The van der Waals surface area contributed by atoms with Crippen molar-refractivity contribution >= 4 is 27.2 Å². The quantitative estimate of drug-likeness (QED) is 0.352. The summed E-state index contributed by atoms with van der Waals surface area (Å²) in [5.41, 5.74) is 3.27. The summed E-state index contributed by atoms with van der Waals surface area (Å²) in [6.07, 6.45) is 5.54. The molecule has 0 amide bonds. The van der Waals surface area contributed by atoms with Gasteiger partial charge in [-0.05, 0) is 61.0 Å². The zero-order valence-corrected chi connectivity index (χ0v) is 21.4. The Labute approximate surface area is 222 Å². The molecule has 2 aromatic carbocycles. The maximum absolute atomic E-state index is 13.9. The standard InChI is InChI=1S/C26H23F2N7O3S/c27-23-8-7-22(14-24(23)28)39(36,37)34-11-1-10-33-17-19(15-30-33)31-26-29-16-20-4-9-25(35(20)32-26)18-2-5-21(6-3-18)38-13-12-34/h2-9,14-17H,1,10-13H2,(H,31,32). The van der Waals surface area contributed by atoms with Crippen LogP contribution in [0.4, 0.5) is 20.4 Å². The minimum atomic E-state index is -4.12. The van der Waals surface area contributed by atoms with Gasteiger partial charge in [0.05, 0.1) is 34.2 Å². The average Bonchev–Trinajstić information content (AvgIpc) is 3.56. The number of ether oxygens (including phenoxy) is 1. The van der Waals surface area contributed by atoms with Gasteiger partial charge in [0.15, 0.2) is 11.6 Å². The van der Waals surface area contributed by atoms with E-state index in [1.807, 2.05) is 24.3 Å². The van der Waals surface area contributed by atoms with Crippen LogP contribution in [-0.2, 0) is 16.6 Å². The van der Waals surface area contributed by atoms with E-state index in [0.717, 1.165) is 28.9 Å². The van der Waals surface area contributed by atoms with Crippen LogP contribution in [0.15, 0.2) is 78.1 Å². The molecule has 3 aromatic heterocycles. The number of benzene rings is 2. The van der Waals surface area contributed by atoms with Crippen LogP contribution in [-0.4, -0.2) is 56.8 Å². The van der Waals surface area contributed by atoms with Crippen molar-refractivity contribution in [2.24, 2.45) is 0 Å². The third-order valence-corrected chi connectivity index (χ3v) is 8.27. The summed E-state index contributed by atoms with van der Waals surface area (Å²) in [5.74, 6) is -1.39. The number of halogens is 2. The Morgan fingerprint density at radius 3 is 2.59 bits per heavy atom. The molecule has 39 heavy (non-hydrogen) atoms. The Kier molecular flexibility index (Phi) is 6.45. The number of nitrogens with one attached hydrogen (secondary N) is 1. The number of nitrogens with zero attached hydrogens (tertiary/aromatic N) is 6. The number of aryl methyl sites for hydroxylation is 1. The molecule has 2 aliphatic heterocycles. The summed E-state index contributed by atoms with van der Waals surface area (Å²) in [4.78, 5) is 4.06. The lowest BCUT2D eigenvalue weighted by atomic mass is 10.1. The lowest BCUT2D eigenvalue weighted by Crippen LogP contribution is -2.36. The Morgan fingerprint density at radius 2 is 1.77 bits per heavy atom. The van der Waals surface area contributed by atoms with Gasteiger partial charge in [0.2, 0.25) is 16.0 Å². The zero-order valence-electron chi connectivity index (χ0n) is 20.5. The topological polar surface area (TPSA) is 107 Å². The number of rotatable bonds is 2. The van der Waals surface area contributed by atoms with E-state index >= 15 is 0 Å². The van der Waals surface area contributed by atoms with E-state index in [4.69, 9.17) is 4.74 Å². The maximum atomic E-state index is 13.9. The fourth-order valence-corrected chi connectivity index (χ4v) is 5.87. The van der Waals surface area contributed by atoms with Crippen molar-refractivity contribution in [2.75, 3.05) is 25.0 Å². The van der Waals surface area contributed by atoms with Crippen molar-refractivity contribution in [3.63, 3.8) is 0 Å². The predicted molar refractivity (Wildman–Crippen MR) is 139 cm³/mol. The first-order valence-corrected chi connectivity index (χ1v) is 13.6. The van der Waals surface area contributed by atoms with Gasteiger partial charge < -0.3 is 10.1 Å². The second kappa shape index (κ2) is 10.1. The number of sulfonamides is 1. The molecule has 6 bridgehead atoms. The van der Waals surface area contributed by atoms with E-state index < -0.39 is 21.7 Å². The van der Waals surface area contributed by atoms with E-state index in [1.165, 1.54) is 4.31 Å². The average molecular weight is 552 g/mol. The predicted octanol–water partition coefficient (Wildman–Crippen LogP) is 4.09. The van der Waals surface area contributed by atoms with E-state index in [0.29, 0.717) is 36.4 Å². The highest BCUT2D eigenvalue weighted by atomic mass is 32.2. The van der Waals surface area contributed by atoms with Crippen molar-refractivity contribution in [3.8, 4) is 17.0 Å². The number of anilines is 2. The van der Waals surface area contributed by atoms with Gasteiger partial charge in [-0.25, -0.2) is 26.7 Å². The molecule has 5 aromatic rings. The van der Waals surface area contributed by atoms with E-state index in [9.17, 15) is 17.2 Å². The molecule has 0 saturated heterocycles. The monoisotopic (exact) mass is 551 g/mol. The van der Waals surface area contributed by atoms with Crippen molar-refractivity contribution in [2.45, 2.75) is 17.9 Å². The largest absolute Gasteiger partial charge is 0.492 e. The highest BCUT2D eigenvalue weighted by Crippen LogP contribution is 2.25. The molecule has 1 N–H and O–H groups in total. The second-order valence-electron chi connectivity index (χ2n) is 8.96. The fourth-order valence-electron chi connectivity index (χ4n) is 4.39. The van der Waals surface area contributed by atoms with Crippen LogP contribution in [0.2, 0.25) is 0 Å². The smallest absolute Gasteiger partial charge is 0.245 e. The van der Waals surface area contributed by atoms with Crippen LogP contribution in [0.1, 0.15) is 6.42 Å². The third-order valence-electron chi connectivity index (χ3n) is 6.37. The van der Waals surface area contributed by atoms with Crippen molar-refractivity contribution < 1.29 is 21.9 Å². The summed E-state index contributed by atoms with van der Waals surface area (Å²) in [6.45, 7) is 0.592. The van der Waals surface area contributed by atoms with Crippen LogP contribution >= 0.6 is 0 Å². The summed E-state index contributed by atoms with van der Waals surface area (Å²) >= 11 is 0. The molecule has 0 radical (unpaired) electrons. The number of aromatic nitrogens is 5. The summed E-state index contributed by atoms with van der Waals surface area (Å²) < 4.78 is 64.5. The molecule has 200 valence electrons. The van der Waals surface area contributed by atoms with Crippen LogP contribution in [0, 0.1) is 11.6 Å². The van der Waals surface area contributed by atoms with Gasteiger partial charge in [0, 0.05) is 31.4 Å². The summed E-state index contributed by atoms with van der Waals surface area (Å²) in [7, 11) is -4.12. The van der Waals surface area contributed by atoms with Crippen LogP contribution in [0.5, 0.6) is 5.75 Å². The molecule has 0 unspecified atom stereocenters. The van der Waals surface area contributed by atoms with Gasteiger partial charge in [-0.2, -0.15) is 9.40 Å². The molecule has 5 heterocycles. The van der Waals surface area contributed by atoms with Crippen molar-refractivity contribution in [1.82, 2.24) is 28.7 Å². The second-order valence-corrected chi connectivity index (χ2v) is 10.9. The SMILES string of the molecule is O=S(=O)(c1ccc(F)c(F)c1)N1CCCn2cc(cn2)Nc2ncc3ccc(n3n2)-c2ccc(cc2)OCC1. The van der Waals surface area contributed by atoms with Gasteiger partial charge in [-0.15, -0.1) is 5.10 Å².